The molecule has 2 amide bonds. The largest absolute Gasteiger partial charge is 0.457 e. The fourth-order valence-electron chi connectivity index (χ4n) is 3.67. The molecular weight excluding hydrogens is 390 g/mol. The third-order valence-electron chi connectivity index (χ3n) is 5.26. The number of nitrogens with zero attached hydrogens (tertiary/aromatic N) is 2. The van der Waals surface area contributed by atoms with Gasteiger partial charge in [0.25, 0.3) is 5.91 Å². The van der Waals surface area contributed by atoms with E-state index in [0.29, 0.717) is 30.8 Å². The number of benzene rings is 2. The lowest BCUT2D eigenvalue weighted by molar-refractivity contribution is -0.119. The minimum Gasteiger partial charge on any atom is -0.457 e. The van der Waals surface area contributed by atoms with Gasteiger partial charge in [-0.3, -0.25) is 14.6 Å². The van der Waals surface area contributed by atoms with Crippen LogP contribution in [0.3, 0.4) is 0 Å². The highest BCUT2D eigenvalue weighted by molar-refractivity contribution is 5.94. The SMILES string of the molecule is Cc1cccc(Oc2ccc(C(=O)N(Cc3ccncc3)C[C@@H]3CCC(=O)N3)cc2)c1. The van der Waals surface area contributed by atoms with Gasteiger partial charge in [0.15, 0.2) is 0 Å². The molecule has 1 fully saturated rings. The third kappa shape index (κ3) is 5.48. The maximum absolute atomic E-state index is 13.3. The number of hydrogen-bond donors (Lipinski definition) is 1. The first kappa shape index (κ1) is 20.6. The highest BCUT2D eigenvalue weighted by Gasteiger charge is 2.26. The van der Waals surface area contributed by atoms with Crippen molar-refractivity contribution in [3.05, 3.63) is 89.7 Å². The average Bonchev–Trinajstić information content (AvgIpc) is 3.19. The summed E-state index contributed by atoms with van der Waals surface area (Å²) in [5.74, 6) is 1.39. The van der Waals surface area contributed by atoms with E-state index < -0.39 is 0 Å². The van der Waals surface area contributed by atoms with Crippen LogP contribution in [0.1, 0.15) is 34.3 Å². The predicted molar refractivity (Wildman–Crippen MR) is 118 cm³/mol. The van der Waals surface area contributed by atoms with Crippen molar-refractivity contribution >= 4 is 11.8 Å². The molecule has 0 radical (unpaired) electrons. The molecule has 0 spiro atoms. The zero-order valence-electron chi connectivity index (χ0n) is 17.5. The molecule has 158 valence electrons. The van der Waals surface area contributed by atoms with E-state index in [1.807, 2.05) is 43.3 Å². The van der Waals surface area contributed by atoms with Crippen LogP contribution >= 0.6 is 0 Å². The van der Waals surface area contributed by atoms with Gasteiger partial charge in [-0.1, -0.05) is 12.1 Å². The van der Waals surface area contributed by atoms with Crippen molar-refractivity contribution in [2.24, 2.45) is 0 Å². The van der Waals surface area contributed by atoms with Crippen LogP contribution in [0.5, 0.6) is 11.5 Å². The molecule has 2 heterocycles. The van der Waals surface area contributed by atoms with Gasteiger partial charge in [-0.05, 0) is 73.0 Å². The Morgan fingerprint density at radius 2 is 1.87 bits per heavy atom. The molecule has 6 nitrogen and oxygen atoms in total. The number of aryl methyl sites for hydroxylation is 1. The van der Waals surface area contributed by atoms with Crippen molar-refractivity contribution in [1.29, 1.82) is 0 Å². The smallest absolute Gasteiger partial charge is 0.254 e. The molecule has 0 aliphatic carbocycles. The molecule has 0 unspecified atom stereocenters. The van der Waals surface area contributed by atoms with E-state index in [9.17, 15) is 9.59 Å². The van der Waals surface area contributed by atoms with E-state index in [4.69, 9.17) is 4.74 Å². The molecule has 1 atom stereocenters. The summed E-state index contributed by atoms with van der Waals surface area (Å²) in [5, 5.41) is 2.95. The molecule has 31 heavy (non-hydrogen) atoms. The Kier molecular flexibility index (Phi) is 6.26. The van der Waals surface area contributed by atoms with E-state index in [2.05, 4.69) is 10.3 Å². The van der Waals surface area contributed by atoms with Gasteiger partial charge in [0.05, 0.1) is 0 Å². The molecule has 1 aromatic heterocycles. The van der Waals surface area contributed by atoms with Crippen LogP contribution in [0.4, 0.5) is 0 Å². The lowest BCUT2D eigenvalue weighted by Crippen LogP contribution is -2.41. The Labute approximate surface area is 181 Å². The van der Waals surface area contributed by atoms with Crippen LogP contribution in [0, 0.1) is 6.92 Å². The lowest BCUT2D eigenvalue weighted by Gasteiger charge is -2.26. The average molecular weight is 415 g/mol. The van der Waals surface area contributed by atoms with Gasteiger partial charge in [0.1, 0.15) is 11.5 Å². The van der Waals surface area contributed by atoms with Gasteiger partial charge in [0, 0.05) is 43.5 Å². The maximum Gasteiger partial charge on any atom is 0.254 e. The Morgan fingerprint density at radius 1 is 1.10 bits per heavy atom. The topological polar surface area (TPSA) is 71.5 Å². The molecule has 1 N–H and O–H groups in total. The number of carbonyl (C=O) groups excluding carboxylic acids is 2. The number of ether oxygens (including phenoxy) is 1. The number of carbonyl (C=O) groups is 2. The van der Waals surface area contributed by atoms with Gasteiger partial charge in [0.2, 0.25) is 5.91 Å². The summed E-state index contributed by atoms with van der Waals surface area (Å²) in [6.45, 7) is 2.93. The van der Waals surface area contributed by atoms with Crippen molar-refractivity contribution in [1.82, 2.24) is 15.2 Å². The van der Waals surface area contributed by atoms with E-state index in [0.717, 1.165) is 23.3 Å². The molecule has 6 heteroatoms. The number of nitrogens with one attached hydrogen (secondary N) is 1. The summed E-state index contributed by atoms with van der Waals surface area (Å²) < 4.78 is 5.89. The molecule has 1 saturated heterocycles. The Bertz CT molecular complexity index is 1050. The molecule has 3 aromatic rings. The van der Waals surface area contributed by atoms with Crippen molar-refractivity contribution in [3.63, 3.8) is 0 Å². The Morgan fingerprint density at radius 3 is 2.55 bits per heavy atom. The molecule has 0 saturated carbocycles. The van der Waals surface area contributed by atoms with Gasteiger partial charge in [-0.15, -0.1) is 0 Å². The first-order valence-corrected chi connectivity index (χ1v) is 10.4. The minimum atomic E-state index is -0.0833. The van der Waals surface area contributed by atoms with Crippen molar-refractivity contribution < 1.29 is 14.3 Å². The molecule has 2 aromatic carbocycles. The molecule has 1 aliphatic heterocycles. The number of rotatable bonds is 7. The van der Waals surface area contributed by atoms with E-state index in [1.54, 1.807) is 41.6 Å². The van der Waals surface area contributed by atoms with Crippen LogP contribution in [0.25, 0.3) is 0 Å². The van der Waals surface area contributed by atoms with Crippen LogP contribution in [0.15, 0.2) is 73.1 Å². The predicted octanol–water partition coefficient (Wildman–Crippen LogP) is 4.10. The van der Waals surface area contributed by atoms with Crippen LogP contribution in [-0.2, 0) is 11.3 Å². The second-order valence-electron chi connectivity index (χ2n) is 7.79. The Balaban J connectivity index is 1.49. The Hall–Kier alpha value is -3.67. The van der Waals surface area contributed by atoms with E-state index in [1.165, 1.54) is 0 Å². The summed E-state index contributed by atoms with van der Waals surface area (Å²) in [6.07, 6.45) is 4.68. The van der Waals surface area contributed by atoms with Crippen LogP contribution < -0.4 is 10.1 Å². The van der Waals surface area contributed by atoms with Gasteiger partial charge >= 0.3 is 0 Å². The third-order valence-corrected chi connectivity index (χ3v) is 5.26. The summed E-state index contributed by atoms with van der Waals surface area (Å²) in [7, 11) is 0. The first-order valence-electron chi connectivity index (χ1n) is 10.4. The summed E-state index contributed by atoms with van der Waals surface area (Å²) in [6, 6.07) is 18.8. The van der Waals surface area contributed by atoms with Gasteiger partial charge < -0.3 is 15.0 Å². The molecular formula is C25H25N3O3. The first-order chi connectivity index (χ1) is 15.1. The molecule has 4 rings (SSSR count). The fourth-order valence-corrected chi connectivity index (χ4v) is 3.67. The minimum absolute atomic E-state index is 0.0257. The fraction of sp³-hybridized carbons (Fsp3) is 0.240. The van der Waals surface area contributed by atoms with Crippen molar-refractivity contribution in [2.45, 2.75) is 32.4 Å². The molecule has 0 bridgehead atoms. The normalized spacial score (nSPS) is 15.4. The lowest BCUT2D eigenvalue weighted by atomic mass is 10.1. The zero-order chi connectivity index (χ0) is 21.6. The zero-order valence-corrected chi connectivity index (χ0v) is 17.5. The van der Waals surface area contributed by atoms with Crippen LogP contribution in [0.2, 0.25) is 0 Å². The summed E-state index contributed by atoms with van der Waals surface area (Å²) in [4.78, 5) is 30.7. The van der Waals surface area contributed by atoms with E-state index in [-0.39, 0.29) is 17.9 Å². The quantitative estimate of drug-likeness (QED) is 0.631. The second kappa shape index (κ2) is 9.43. The monoisotopic (exact) mass is 415 g/mol. The number of aromatic nitrogens is 1. The van der Waals surface area contributed by atoms with Crippen molar-refractivity contribution in [2.75, 3.05) is 6.54 Å². The number of amides is 2. The summed E-state index contributed by atoms with van der Waals surface area (Å²) in [5.41, 5.74) is 2.69. The maximum atomic E-state index is 13.3. The number of pyridine rings is 1. The second-order valence-corrected chi connectivity index (χ2v) is 7.79. The summed E-state index contributed by atoms with van der Waals surface area (Å²) >= 11 is 0. The van der Waals surface area contributed by atoms with Crippen molar-refractivity contribution in [3.8, 4) is 11.5 Å². The molecule has 1 aliphatic rings. The van der Waals surface area contributed by atoms with Gasteiger partial charge in [-0.25, -0.2) is 0 Å². The van der Waals surface area contributed by atoms with Gasteiger partial charge in [-0.2, -0.15) is 0 Å². The highest BCUT2D eigenvalue weighted by atomic mass is 16.5. The standard InChI is InChI=1S/C25H25N3O3/c1-18-3-2-4-23(15-18)31-22-8-5-20(6-9-22)25(30)28(16-19-11-13-26-14-12-19)17-21-7-10-24(29)27-21/h2-6,8-9,11-15,21H,7,10,16-17H2,1H3,(H,27,29)/t21-/m0/s1. The van der Waals surface area contributed by atoms with Crippen LogP contribution in [-0.4, -0.2) is 34.3 Å². The number of hydrogen-bond acceptors (Lipinski definition) is 4. The highest BCUT2D eigenvalue weighted by Crippen LogP contribution is 2.23. The van der Waals surface area contributed by atoms with E-state index >= 15 is 0 Å².